The minimum absolute atomic E-state index is 0.338. The van der Waals surface area contributed by atoms with Crippen molar-refractivity contribution < 1.29 is 28.6 Å². The Balaban J connectivity index is 3.73. The van der Waals surface area contributed by atoms with Gasteiger partial charge in [-0.3, -0.25) is 4.79 Å². The molecular formula is C10H15NO6. The number of hydrogen-bond acceptors (Lipinski definition) is 6. The number of rotatable bonds is 7. The molecule has 0 spiro atoms. The monoisotopic (exact) mass is 245 g/mol. The molecule has 0 bridgehead atoms. The van der Waals surface area contributed by atoms with Gasteiger partial charge in [0.05, 0.1) is 13.7 Å². The number of carbonyl (C=O) groups is 3. The zero-order valence-electron chi connectivity index (χ0n) is 9.73. The van der Waals surface area contributed by atoms with Crippen LogP contribution in [0.4, 0.5) is 0 Å². The minimum atomic E-state index is -0.794. The van der Waals surface area contributed by atoms with Gasteiger partial charge in [0.15, 0.2) is 6.61 Å². The van der Waals surface area contributed by atoms with Crippen LogP contribution in [0.3, 0.4) is 0 Å². The molecular weight excluding hydrogens is 230 g/mol. The van der Waals surface area contributed by atoms with E-state index in [9.17, 15) is 14.4 Å². The van der Waals surface area contributed by atoms with Crippen molar-refractivity contribution in [1.29, 1.82) is 0 Å². The van der Waals surface area contributed by atoms with Crippen LogP contribution in [-0.2, 0) is 28.6 Å². The lowest BCUT2D eigenvalue weighted by Gasteiger charge is -2.04. The fourth-order valence-electron chi connectivity index (χ4n) is 0.732. The predicted molar refractivity (Wildman–Crippen MR) is 57.0 cm³/mol. The summed E-state index contributed by atoms with van der Waals surface area (Å²) in [5.74, 6) is -1.91. The van der Waals surface area contributed by atoms with Crippen LogP contribution in [0.2, 0.25) is 0 Å². The van der Waals surface area contributed by atoms with Crippen molar-refractivity contribution in [2.75, 3.05) is 34.0 Å². The lowest BCUT2D eigenvalue weighted by Crippen LogP contribution is -2.31. The summed E-state index contributed by atoms with van der Waals surface area (Å²) in [7, 11) is 2.69. The molecule has 0 aromatic heterocycles. The molecule has 0 unspecified atom stereocenters. The van der Waals surface area contributed by atoms with Crippen molar-refractivity contribution in [3.63, 3.8) is 0 Å². The molecule has 0 rings (SSSR count). The maximum absolute atomic E-state index is 11.1. The Morgan fingerprint density at radius 2 is 1.76 bits per heavy atom. The zero-order valence-corrected chi connectivity index (χ0v) is 9.73. The first-order chi connectivity index (χ1) is 8.10. The molecule has 0 saturated carbocycles. The van der Waals surface area contributed by atoms with Gasteiger partial charge in [0, 0.05) is 25.8 Å². The minimum Gasteiger partial charge on any atom is -0.466 e. The Morgan fingerprint density at radius 1 is 1.12 bits per heavy atom. The molecule has 0 aromatic carbocycles. The molecule has 0 aliphatic carbocycles. The number of esters is 2. The number of methoxy groups -OCH3 is 2. The molecule has 0 fully saturated rings. The SMILES string of the molecule is COCCNC(=O)COC(=O)C=CC(=O)OC. The molecule has 0 aliphatic heterocycles. The number of amides is 1. The summed E-state index contributed by atoms with van der Waals surface area (Å²) in [5.41, 5.74) is 0. The first-order valence-corrected chi connectivity index (χ1v) is 4.78. The normalized spacial score (nSPS) is 10.0. The summed E-state index contributed by atoms with van der Waals surface area (Å²) in [6, 6.07) is 0. The fraction of sp³-hybridized carbons (Fsp3) is 0.500. The average molecular weight is 245 g/mol. The van der Waals surface area contributed by atoms with E-state index < -0.39 is 24.5 Å². The third-order valence-corrected chi connectivity index (χ3v) is 1.53. The molecule has 1 N–H and O–H groups in total. The van der Waals surface area contributed by atoms with Gasteiger partial charge in [-0.1, -0.05) is 0 Å². The summed E-state index contributed by atoms with van der Waals surface area (Å²) in [6.45, 7) is 0.306. The Labute approximate surface area is 98.7 Å². The second-order valence-corrected chi connectivity index (χ2v) is 2.81. The van der Waals surface area contributed by atoms with Crippen molar-refractivity contribution in [1.82, 2.24) is 5.32 Å². The highest BCUT2D eigenvalue weighted by atomic mass is 16.5. The zero-order chi connectivity index (χ0) is 13.1. The van der Waals surface area contributed by atoms with Crippen molar-refractivity contribution in [3.05, 3.63) is 12.2 Å². The highest BCUT2D eigenvalue weighted by molar-refractivity contribution is 5.92. The van der Waals surface area contributed by atoms with Crippen molar-refractivity contribution in [2.24, 2.45) is 0 Å². The van der Waals surface area contributed by atoms with Crippen molar-refractivity contribution >= 4 is 17.8 Å². The lowest BCUT2D eigenvalue weighted by atomic mass is 10.5. The lowest BCUT2D eigenvalue weighted by molar-refractivity contribution is -0.144. The molecule has 0 heterocycles. The van der Waals surface area contributed by atoms with Gasteiger partial charge in [-0.05, 0) is 0 Å². The van der Waals surface area contributed by atoms with Gasteiger partial charge in [-0.15, -0.1) is 0 Å². The van der Waals surface area contributed by atoms with E-state index in [1.165, 1.54) is 14.2 Å². The average Bonchev–Trinajstić information content (AvgIpc) is 2.33. The molecule has 0 aromatic rings. The molecule has 0 aliphatic rings. The highest BCUT2D eigenvalue weighted by Gasteiger charge is 2.04. The second kappa shape index (κ2) is 9.34. The van der Waals surface area contributed by atoms with E-state index in [1.807, 2.05) is 0 Å². The van der Waals surface area contributed by atoms with E-state index in [1.54, 1.807) is 0 Å². The summed E-state index contributed by atoms with van der Waals surface area (Å²) in [6.07, 6.45) is 1.79. The van der Waals surface area contributed by atoms with E-state index in [0.29, 0.717) is 13.2 Å². The van der Waals surface area contributed by atoms with E-state index in [-0.39, 0.29) is 0 Å². The van der Waals surface area contributed by atoms with Gasteiger partial charge in [0.2, 0.25) is 0 Å². The van der Waals surface area contributed by atoms with Gasteiger partial charge in [0.1, 0.15) is 0 Å². The van der Waals surface area contributed by atoms with Crippen LogP contribution in [0.1, 0.15) is 0 Å². The highest BCUT2D eigenvalue weighted by Crippen LogP contribution is 1.84. The summed E-state index contributed by atoms with van der Waals surface area (Å²) >= 11 is 0. The smallest absolute Gasteiger partial charge is 0.331 e. The Morgan fingerprint density at radius 3 is 2.35 bits per heavy atom. The number of carbonyl (C=O) groups excluding carboxylic acids is 3. The maximum atomic E-state index is 11.1. The van der Waals surface area contributed by atoms with Gasteiger partial charge < -0.3 is 19.5 Å². The summed E-state index contributed by atoms with van der Waals surface area (Å²) in [5, 5.41) is 2.46. The first kappa shape index (κ1) is 15.1. The molecule has 0 saturated heterocycles. The van der Waals surface area contributed by atoms with Gasteiger partial charge in [-0.25, -0.2) is 9.59 Å². The number of hydrogen-bond donors (Lipinski definition) is 1. The van der Waals surface area contributed by atoms with Crippen LogP contribution in [0.5, 0.6) is 0 Å². The molecule has 0 radical (unpaired) electrons. The molecule has 96 valence electrons. The maximum Gasteiger partial charge on any atom is 0.331 e. The molecule has 17 heavy (non-hydrogen) atoms. The molecule has 1 amide bonds. The quantitative estimate of drug-likeness (QED) is 0.352. The van der Waals surface area contributed by atoms with Gasteiger partial charge in [-0.2, -0.15) is 0 Å². The third-order valence-electron chi connectivity index (χ3n) is 1.53. The van der Waals surface area contributed by atoms with E-state index >= 15 is 0 Å². The van der Waals surface area contributed by atoms with Crippen LogP contribution in [0.25, 0.3) is 0 Å². The van der Waals surface area contributed by atoms with Crippen LogP contribution in [-0.4, -0.2) is 51.8 Å². The van der Waals surface area contributed by atoms with E-state index in [0.717, 1.165) is 12.2 Å². The second-order valence-electron chi connectivity index (χ2n) is 2.81. The van der Waals surface area contributed by atoms with Crippen LogP contribution in [0, 0.1) is 0 Å². The van der Waals surface area contributed by atoms with Crippen LogP contribution in [0.15, 0.2) is 12.2 Å². The topological polar surface area (TPSA) is 90.9 Å². The Kier molecular flexibility index (Phi) is 8.31. The summed E-state index contributed by atoms with van der Waals surface area (Å²) in [4.78, 5) is 32.7. The Bertz CT molecular complexity index is 299. The van der Waals surface area contributed by atoms with Gasteiger partial charge >= 0.3 is 11.9 Å². The van der Waals surface area contributed by atoms with E-state index in [4.69, 9.17) is 4.74 Å². The van der Waals surface area contributed by atoms with Crippen LogP contribution < -0.4 is 5.32 Å². The standard InChI is InChI=1S/C10H15NO6/c1-15-6-5-11-8(12)7-17-10(14)4-3-9(13)16-2/h3-4H,5-7H2,1-2H3,(H,11,12). The third kappa shape index (κ3) is 9.06. The number of ether oxygens (including phenoxy) is 3. The molecule has 7 nitrogen and oxygen atoms in total. The van der Waals surface area contributed by atoms with Crippen molar-refractivity contribution in [3.8, 4) is 0 Å². The molecule has 7 heteroatoms. The Hall–Kier alpha value is -1.89. The largest absolute Gasteiger partial charge is 0.466 e. The molecule has 0 atom stereocenters. The van der Waals surface area contributed by atoms with Crippen LogP contribution >= 0.6 is 0 Å². The van der Waals surface area contributed by atoms with Crippen molar-refractivity contribution in [2.45, 2.75) is 0 Å². The van der Waals surface area contributed by atoms with E-state index in [2.05, 4.69) is 14.8 Å². The predicted octanol–water partition coefficient (Wildman–Crippen LogP) is -0.979. The first-order valence-electron chi connectivity index (χ1n) is 4.78. The van der Waals surface area contributed by atoms with Gasteiger partial charge in [0.25, 0.3) is 5.91 Å². The summed E-state index contributed by atoms with van der Waals surface area (Å²) < 4.78 is 13.5. The number of nitrogens with one attached hydrogen (secondary N) is 1. The fourth-order valence-corrected chi connectivity index (χ4v) is 0.732.